The molecule has 2 aliphatic rings. The zero-order valence-electron chi connectivity index (χ0n) is 10.8. The summed E-state index contributed by atoms with van der Waals surface area (Å²) in [5, 5.41) is 3.65. The highest BCUT2D eigenvalue weighted by molar-refractivity contribution is 5.39. The Labute approximate surface area is 107 Å². The van der Waals surface area contributed by atoms with Crippen molar-refractivity contribution in [2.24, 2.45) is 0 Å². The Morgan fingerprint density at radius 3 is 2.61 bits per heavy atom. The van der Waals surface area contributed by atoms with E-state index in [4.69, 9.17) is 0 Å². The molecule has 98 valence electrons. The van der Waals surface area contributed by atoms with Crippen LogP contribution >= 0.6 is 0 Å². The molecule has 0 amide bonds. The summed E-state index contributed by atoms with van der Waals surface area (Å²) in [6, 6.07) is 5.18. The Morgan fingerprint density at radius 2 is 2.06 bits per heavy atom. The maximum absolute atomic E-state index is 12.9. The van der Waals surface area contributed by atoms with Gasteiger partial charge < -0.3 is 10.2 Å². The number of nitrogens with zero attached hydrogens (tertiary/aromatic N) is 2. The van der Waals surface area contributed by atoms with Crippen molar-refractivity contribution in [1.29, 1.82) is 0 Å². The van der Waals surface area contributed by atoms with Crippen LogP contribution in [0.3, 0.4) is 0 Å². The Bertz CT molecular complexity index is 394. The minimum atomic E-state index is -0.264. The smallest absolute Gasteiger partial charge is 0.141 e. The molecule has 0 saturated carbocycles. The fourth-order valence-corrected chi connectivity index (χ4v) is 3.43. The summed E-state index contributed by atoms with van der Waals surface area (Å²) in [6.45, 7) is 3.08. The summed E-state index contributed by atoms with van der Waals surface area (Å²) in [6.07, 6.45) is 6.28. The second-order valence-corrected chi connectivity index (χ2v) is 5.38. The van der Waals surface area contributed by atoms with Crippen molar-refractivity contribution in [2.45, 2.75) is 50.7 Å². The molecule has 0 aromatic carbocycles. The van der Waals surface area contributed by atoms with E-state index in [9.17, 15) is 4.39 Å². The molecule has 3 heterocycles. The van der Waals surface area contributed by atoms with Crippen molar-refractivity contribution in [2.75, 3.05) is 11.4 Å². The number of fused-ring (bicyclic) bond motifs is 2. The molecule has 3 rings (SSSR count). The number of hydrogen-bond acceptors (Lipinski definition) is 3. The number of hydrogen-bond donors (Lipinski definition) is 1. The van der Waals surface area contributed by atoms with Crippen molar-refractivity contribution in [1.82, 2.24) is 10.3 Å². The molecule has 2 bridgehead atoms. The van der Waals surface area contributed by atoms with Gasteiger partial charge in [-0.1, -0.05) is 0 Å². The molecule has 2 atom stereocenters. The fraction of sp³-hybridized carbons (Fsp3) is 0.643. The van der Waals surface area contributed by atoms with Gasteiger partial charge in [-0.25, -0.2) is 9.37 Å². The fourth-order valence-electron chi connectivity index (χ4n) is 3.43. The minimum Gasteiger partial charge on any atom is -0.354 e. The average Bonchev–Trinajstić information content (AvgIpc) is 2.72. The van der Waals surface area contributed by atoms with E-state index >= 15 is 0 Å². The molecule has 2 aliphatic heterocycles. The molecular formula is C14H20FN3. The number of aromatic nitrogens is 1. The number of nitrogens with one attached hydrogen (secondary N) is 1. The molecule has 2 fully saturated rings. The predicted octanol–water partition coefficient (Wildman–Crippen LogP) is 2.33. The Kier molecular flexibility index (Phi) is 3.20. The average molecular weight is 249 g/mol. The van der Waals surface area contributed by atoms with Gasteiger partial charge in [-0.15, -0.1) is 0 Å². The highest BCUT2D eigenvalue weighted by Gasteiger charge is 2.36. The predicted molar refractivity (Wildman–Crippen MR) is 70.2 cm³/mol. The van der Waals surface area contributed by atoms with Crippen molar-refractivity contribution in [3.63, 3.8) is 0 Å². The Hall–Kier alpha value is -1.16. The lowest BCUT2D eigenvalue weighted by molar-refractivity contribution is 0.348. The molecule has 1 aromatic heterocycles. The molecule has 0 radical (unpaired) electrons. The van der Waals surface area contributed by atoms with Crippen LogP contribution in [0.1, 0.15) is 32.6 Å². The van der Waals surface area contributed by atoms with Gasteiger partial charge in [-0.3, -0.25) is 0 Å². The van der Waals surface area contributed by atoms with Crippen LogP contribution in [0.4, 0.5) is 10.2 Å². The van der Waals surface area contributed by atoms with Gasteiger partial charge in [-0.2, -0.15) is 0 Å². The van der Waals surface area contributed by atoms with E-state index in [0.29, 0.717) is 18.1 Å². The topological polar surface area (TPSA) is 28.2 Å². The van der Waals surface area contributed by atoms with E-state index in [0.717, 1.165) is 12.4 Å². The van der Waals surface area contributed by atoms with Crippen LogP contribution in [-0.2, 0) is 0 Å². The first-order valence-corrected chi connectivity index (χ1v) is 6.90. The largest absolute Gasteiger partial charge is 0.354 e. The molecule has 0 spiro atoms. The van der Waals surface area contributed by atoms with Gasteiger partial charge in [0.2, 0.25) is 0 Å². The molecule has 0 aliphatic carbocycles. The zero-order chi connectivity index (χ0) is 12.5. The van der Waals surface area contributed by atoms with Gasteiger partial charge >= 0.3 is 0 Å². The monoisotopic (exact) mass is 249 g/mol. The molecule has 1 aromatic rings. The third-order valence-corrected chi connectivity index (χ3v) is 4.24. The third-order valence-electron chi connectivity index (χ3n) is 4.24. The van der Waals surface area contributed by atoms with Gasteiger partial charge in [0, 0.05) is 24.7 Å². The Balaban J connectivity index is 1.77. The van der Waals surface area contributed by atoms with Crippen molar-refractivity contribution in [3.8, 4) is 0 Å². The zero-order valence-corrected chi connectivity index (χ0v) is 10.8. The summed E-state index contributed by atoms with van der Waals surface area (Å²) in [4.78, 5) is 6.55. The third kappa shape index (κ3) is 2.21. The van der Waals surface area contributed by atoms with E-state index in [1.807, 2.05) is 0 Å². The number of rotatable bonds is 3. The lowest BCUT2D eigenvalue weighted by atomic mass is 9.98. The van der Waals surface area contributed by atoms with Crippen molar-refractivity contribution in [3.05, 3.63) is 24.1 Å². The van der Waals surface area contributed by atoms with Crippen LogP contribution in [0.15, 0.2) is 18.3 Å². The summed E-state index contributed by atoms with van der Waals surface area (Å²) >= 11 is 0. The van der Waals surface area contributed by atoms with Gasteiger partial charge in [0.25, 0.3) is 0 Å². The van der Waals surface area contributed by atoms with Crippen LogP contribution in [-0.4, -0.2) is 29.7 Å². The van der Waals surface area contributed by atoms with Crippen LogP contribution in [0.2, 0.25) is 0 Å². The first-order chi connectivity index (χ1) is 8.76. The summed E-state index contributed by atoms with van der Waals surface area (Å²) in [5.74, 6) is 0.644. The van der Waals surface area contributed by atoms with E-state index in [1.54, 1.807) is 6.07 Å². The molecule has 3 nitrogen and oxygen atoms in total. The van der Waals surface area contributed by atoms with Gasteiger partial charge in [-0.05, 0) is 44.7 Å². The van der Waals surface area contributed by atoms with E-state index in [2.05, 4.69) is 22.1 Å². The number of pyridine rings is 1. The molecular weight excluding hydrogens is 229 g/mol. The van der Waals surface area contributed by atoms with Crippen molar-refractivity contribution < 1.29 is 4.39 Å². The van der Waals surface area contributed by atoms with E-state index in [1.165, 1.54) is 37.9 Å². The summed E-state index contributed by atoms with van der Waals surface area (Å²) in [5.41, 5.74) is 0. The molecule has 2 unspecified atom stereocenters. The number of halogens is 1. The molecule has 18 heavy (non-hydrogen) atoms. The maximum Gasteiger partial charge on any atom is 0.141 e. The molecule has 4 heteroatoms. The number of piperidine rings is 1. The quantitative estimate of drug-likeness (QED) is 0.891. The van der Waals surface area contributed by atoms with Crippen LogP contribution in [0, 0.1) is 5.82 Å². The van der Waals surface area contributed by atoms with Crippen LogP contribution in [0.5, 0.6) is 0 Å². The van der Waals surface area contributed by atoms with Gasteiger partial charge in [0.05, 0.1) is 6.20 Å². The second kappa shape index (κ2) is 4.84. The first-order valence-electron chi connectivity index (χ1n) is 6.90. The number of anilines is 1. The van der Waals surface area contributed by atoms with Gasteiger partial charge in [0.1, 0.15) is 11.6 Å². The van der Waals surface area contributed by atoms with Crippen LogP contribution < -0.4 is 10.2 Å². The SMILES string of the molecule is CCN(c1ccc(F)cn1)C1CC2CCC(C1)N2. The van der Waals surface area contributed by atoms with E-state index in [-0.39, 0.29) is 5.82 Å². The highest BCUT2D eigenvalue weighted by atomic mass is 19.1. The second-order valence-electron chi connectivity index (χ2n) is 5.38. The van der Waals surface area contributed by atoms with E-state index < -0.39 is 0 Å². The van der Waals surface area contributed by atoms with Crippen LogP contribution in [0.25, 0.3) is 0 Å². The standard InChI is InChI=1S/C14H20FN3/c1-2-18(14-6-3-10(15)9-16-14)13-7-11-4-5-12(8-13)17-11/h3,6,9,11-13,17H,2,4-5,7-8H2,1H3. The highest BCUT2D eigenvalue weighted by Crippen LogP contribution is 2.31. The first kappa shape index (κ1) is 11.9. The lowest BCUT2D eigenvalue weighted by Gasteiger charge is -2.38. The maximum atomic E-state index is 12.9. The normalized spacial score (nSPS) is 30.4. The molecule has 2 saturated heterocycles. The summed E-state index contributed by atoms with van der Waals surface area (Å²) in [7, 11) is 0. The van der Waals surface area contributed by atoms with Crippen molar-refractivity contribution >= 4 is 5.82 Å². The Morgan fingerprint density at radius 1 is 1.33 bits per heavy atom. The summed E-state index contributed by atoms with van der Waals surface area (Å²) < 4.78 is 12.9. The van der Waals surface area contributed by atoms with Gasteiger partial charge in [0.15, 0.2) is 0 Å². The minimum absolute atomic E-state index is 0.264. The lowest BCUT2D eigenvalue weighted by Crippen LogP contribution is -2.48. The molecule has 1 N–H and O–H groups in total.